The highest BCUT2D eigenvalue weighted by Gasteiger charge is 2.12. The zero-order valence-electron chi connectivity index (χ0n) is 15.0. The smallest absolute Gasteiger partial charge is 0.161 e. The van der Waals surface area contributed by atoms with E-state index in [0.29, 0.717) is 25.6 Å². The van der Waals surface area contributed by atoms with Gasteiger partial charge in [0, 0.05) is 0 Å². The number of hydrogen-bond donors (Lipinski definition) is 1. The minimum atomic E-state index is -0.0949. The molecule has 0 aliphatic heterocycles. The van der Waals surface area contributed by atoms with E-state index in [0.717, 1.165) is 22.5 Å². The molecule has 3 aromatic rings. The van der Waals surface area contributed by atoms with Crippen molar-refractivity contribution >= 4 is 11.0 Å². The molecule has 132 valence electrons. The third-order valence-electron chi connectivity index (χ3n) is 4.31. The molecule has 0 unspecified atom stereocenters. The summed E-state index contributed by atoms with van der Waals surface area (Å²) in [6.45, 7) is 7.68. The zero-order valence-corrected chi connectivity index (χ0v) is 15.0. The van der Waals surface area contributed by atoms with Crippen LogP contribution in [0.15, 0.2) is 36.4 Å². The number of imidazole rings is 1. The molecule has 1 N–H and O–H groups in total. The average molecular weight is 340 g/mol. The maximum absolute atomic E-state index is 9.64. The molecule has 1 heterocycles. The molecule has 0 spiro atoms. The molecular weight excluding hydrogens is 316 g/mol. The fraction of sp³-hybridized carbons (Fsp3) is 0.350. The van der Waals surface area contributed by atoms with E-state index in [4.69, 9.17) is 9.47 Å². The van der Waals surface area contributed by atoms with Crippen LogP contribution in [0, 0.1) is 13.8 Å². The maximum atomic E-state index is 9.64. The highest BCUT2D eigenvalue weighted by Crippen LogP contribution is 2.27. The lowest BCUT2D eigenvalue weighted by Crippen LogP contribution is -2.12. The molecule has 0 bridgehead atoms. The molecule has 0 aliphatic carbocycles. The predicted molar refractivity (Wildman–Crippen MR) is 98.2 cm³/mol. The lowest BCUT2D eigenvalue weighted by Gasteiger charge is -2.13. The van der Waals surface area contributed by atoms with Crippen molar-refractivity contribution < 1.29 is 14.6 Å². The van der Waals surface area contributed by atoms with Crippen molar-refractivity contribution in [2.45, 2.75) is 33.9 Å². The van der Waals surface area contributed by atoms with Crippen LogP contribution in [-0.2, 0) is 13.2 Å². The molecule has 0 fully saturated rings. The first-order valence-electron chi connectivity index (χ1n) is 8.56. The molecule has 2 aromatic carbocycles. The van der Waals surface area contributed by atoms with Gasteiger partial charge in [0.15, 0.2) is 11.5 Å². The van der Waals surface area contributed by atoms with E-state index >= 15 is 0 Å². The van der Waals surface area contributed by atoms with Crippen LogP contribution in [0.5, 0.6) is 11.5 Å². The van der Waals surface area contributed by atoms with Crippen LogP contribution in [0.2, 0.25) is 0 Å². The number of aliphatic hydroxyl groups excluding tert-OH is 1. The quantitative estimate of drug-likeness (QED) is 0.714. The van der Waals surface area contributed by atoms with Crippen molar-refractivity contribution in [2.75, 3.05) is 13.2 Å². The maximum Gasteiger partial charge on any atom is 0.161 e. The summed E-state index contributed by atoms with van der Waals surface area (Å²) < 4.78 is 13.5. The van der Waals surface area contributed by atoms with Crippen molar-refractivity contribution in [1.29, 1.82) is 0 Å². The van der Waals surface area contributed by atoms with Crippen molar-refractivity contribution in [3.8, 4) is 11.5 Å². The van der Waals surface area contributed by atoms with Crippen molar-refractivity contribution in [1.82, 2.24) is 9.55 Å². The van der Waals surface area contributed by atoms with Gasteiger partial charge < -0.3 is 19.1 Å². The van der Waals surface area contributed by atoms with Crippen molar-refractivity contribution in [3.63, 3.8) is 0 Å². The van der Waals surface area contributed by atoms with E-state index in [9.17, 15) is 5.11 Å². The van der Waals surface area contributed by atoms with Gasteiger partial charge in [-0.25, -0.2) is 4.98 Å². The molecule has 0 amide bonds. The summed E-state index contributed by atoms with van der Waals surface area (Å²) in [5, 5.41) is 9.64. The van der Waals surface area contributed by atoms with Gasteiger partial charge in [-0.15, -0.1) is 0 Å². The Hall–Kier alpha value is -2.53. The number of aryl methyl sites for hydroxylation is 2. The standard InChI is InChI=1S/C20H24N2O3/c1-4-24-18-7-5-6-8-19(18)25-10-9-22-17-12-15(3)14(2)11-16(17)21-20(22)13-23/h5-8,11-12,23H,4,9-10,13H2,1-3H3. The van der Waals surface area contributed by atoms with Crippen LogP contribution in [0.4, 0.5) is 0 Å². The molecule has 0 aliphatic rings. The molecule has 1 aromatic heterocycles. The summed E-state index contributed by atoms with van der Waals surface area (Å²) in [5.74, 6) is 2.13. The molecule has 5 nitrogen and oxygen atoms in total. The molecule has 0 radical (unpaired) electrons. The third kappa shape index (κ3) is 3.61. The summed E-state index contributed by atoms with van der Waals surface area (Å²) in [4.78, 5) is 4.54. The van der Waals surface area contributed by atoms with Crippen LogP contribution < -0.4 is 9.47 Å². The molecule has 25 heavy (non-hydrogen) atoms. The zero-order chi connectivity index (χ0) is 17.8. The largest absolute Gasteiger partial charge is 0.490 e. The van der Waals surface area contributed by atoms with Crippen molar-refractivity contribution in [2.24, 2.45) is 0 Å². The van der Waals surface area contributed by atoms with Gasteiger partial charge in [-0.1, -0.05) is 12.1 Å². The van der Waals surface area contributed by atoms with Crippen LogP contribution in [0.25, 0.3) is 11.0 Å². The van der Waals surface area contributed by atoms with Gasteiger partial charge >= 0.3 is 0 Å². The highest BCUT2D eigenvalue weighted by atomic mass is 16.5. The summed E-state index contributed by atoms with van der Waals surface area (Å²) >= 11 is 0. The Morgan fingerprint density at radius 3 is 2.40 bits per heavy atom. The minimum Gasteiger partial charge on any atom is -0.490 e. The van der Waals surface area contributed by atoms with Gasteiger partial charge in [0.1, 0.15) is 19.0 Å². The summed E-state index contributed by atoms with van der Waals surface area (Å²) in [6, 6.07) is 11.8. The molecule has 0 saturated heterocycles. The monoisotopic (exact) mass is 340 g/mol. The normalized spacial score (nSPS) is 11.0. The van der Waals surface area contributed by atoms with E-state index in [2.05, 4.69) is 31.0 Å². The Morgan fingerprint density at radius 2 is 1.72 bits per heavy atom. The lowest BCUT2D eigenvalue weighted by atomic mass is 10.1. The molecule has 3 rings (SSSR count). The number of benzene rings is 2. The number of para-hydroxylation sites is 2. The first-order chi connectivity index (χ1) is 12.1. The van der Waals surface area contributed by atoms with E-state index < -0.39 is 0 Å². The van der Waals surface area contributed by atoms with Crippen LogP contribution in [-0.4, -0.2) is 27.9 Å². The summed E-state index contributed by atoms with van der Waals surface area (Å²) in [6.07, 6.45) is 0. The number of hydrogen-bond acceptors (Lipinski definition) is 4. The predicted octanol–water partition coefficient (Wildman–Crippen LogP) is 3.62. The van der Waals surface area contributed by atoms with E-state index in [1.54, 1.807) is 0 Å². The second-order valence-electron chi connectivity index (χ2n) is 5.99. The number of rotatable bonds is 7. The fourth-order valence-electron chi connectivity index (χ4n) is 2.89. The average Bonchev–Trinajstić information content (AvgIpc) is 2.94. The van der Waals surface area contributed by atoms with E-state index in [-0.39, 0.29) is 6.61 Å². The Kier molecular flexibility index (Phi) is 5.24. The van der Waals surface area contributed by atoms with Gasteiger partial charge in [0.2, 0.25) is 0 Å². The number of nitrogens with zero attached hydrogens (tertiary/aromatic N) is 2. The third-order valence-corrected chi connectivity index (χ3v) is 4.31. The Labute approximate surface area is 147 Å². The van der Waals surface area contributed by atoms with Crippen LogP contribution in [0.3, 0.4) is 0 Å². The summed E-state index contributed by atoms with van der Waals surface area (Å²) in [5.41, 5.74) is 4.33. The van der Waals surface area contributed by atoms with Crippen LogP contribution >= 0.6 is 0 Å². The first-order valence-corrected chi connectivity index (χ1v) is 8.56. The van der Waals surface area contributed by atoms with Crippen molar-refractivity contribution in [3.05, 3.63) is 53.3 Å². The highest BCUT2D eigenvalue weighted by molar-refractivity contribution is 5.78. The fourth-order valence-corrected chi connectivity index (χ4v) is 2.89. The van der Waals surface area contributed by atoms with E-state index in [1.165, 1.54) is 11.1 Å². The van der Waals surface area contributed by atoms with Gasteiger partial charge in [-0.3, -0.25) is 0 Å². The SMILES string of the molecule is CCOc1ccccc1OCCn1c(CO)nc2cc(C)c(C)cc21. The van der Waals surface area contributed by atoms with Gasteiger partial charge in [0.05, 0.1) is 24.2 Å². The number of aromatic nitrogens is 2. The topological polar surface area (TPSA) is 56.5 Å². The minimum absolute atomic E-state index is 0.0949. The van der Waals surface area contributed by atoms with Gasteiger partial charge in [-0.2, -0.15) is 0 Å². The van der Waals surface area contributed by atoms with Gasteiger partial charge in [-0.05, 0) is 56.2 Å². The van der Waals surface area contributed by atoms with Gasteiger partial charge in [0.25, 0.3) is 0 Å². The Morgan fingerprint density at radius 1 is 1.04 bits per heavy atom. The Bertz CT molecular complexity index is 871. The number of fused-ring (bicyclic) bond motifs is 1. The van der Waals surface area contributed by atoms with E-state index in [1.807, 2.05) is 35.8 Å². The molecule has 0 saturated carbocycles. The second kappa shape index (κ2) is 7.57. The molecule has 0 atom stereocenters. The number of aliphatic hydroxyl groups is 1. The summed E-state index contributed by atoms with van der Waals surface area (Å²) in [7, 11) is 0. The number of ether oxygens (including phenoxy) is 2. The first kappa shape index (κ1) is 17.3. The Balaban J connectivity index is 1.80. The molecule has 5 heteroatoms. The second-order valence-corrected chi connectivity index (χ2v) is 5.99. The van der Waals surface area contributed by atoms with Crippen LogP contribution in [0.1, 0.15) is 23.9 Å². The lowest BCUT2D eigenvalue weighted by molar-refractivity contribution is 0.248. The molecular formula is C20H24N2O3.